The number of carbonyl (C=O) groups excluding carboxylic acids is 1. The van der Waals surface area contributed by atoms with E-state index in [0.29, 0.717) is 6.54 Å². The normalized spacial score (nSPS) is 11.9. The maximum absolute atomic E-state index is 12.6. The third-order valence-corrected chi connectivity index (χ3v) is 4.68. The summed E-state index contributed by atoms with van der Waals surface area (Å²) in [5, 5.41) is 11.3. The number of ether oxygens (including phenoxy) is 1. The molecule has 2 aromatic heterocycles. The number of nitrogens with one attached hydrogen (secondary N) is 1. The Morgan fingerprint density at radius 2 is 2.18 bits per heavy atom. The summed E-state index contributed by atoms with van der Waals surface area (Å²) >= 11 is 0. The van der Waals surface area contributed by atoms with Crippen molar-refractivity contribution >= 4 is 6.03 Å². The molecule has 8 nitrogen and oxygen atoms in total. The van der Waals surface area contributed by atoms with Gasteiger partial charge >= 0.3 is 6.03 Å². The number of hydrogen-bond donors (Lipinski definition) is 1. The van der Waals surface area contributed by atoms with Crippen LogP contribution in [0.3, 0.4) is 0 Å². The predicted octanol–water partition coefficient (Wildman–Crippen LogP) is 3.39. The van der Waals surface area contributed by atoms with Gasteiger partial charge in [-0.2, -0.15) is 5.10 Å². The van der Waals surface area contributed by atoms with Gasteiger partial charge in [0.1, 0.15) is 11.5 Å². The minimum atomic E-state index is -0.195. The van der Waals surface area contributed by atoms with Crippen molar-refractivity contribution < 1.29 is 14.1 Å². The highest BCUT2D eigenvalue weighted by Crippen LogP contribution is 2.19. The molecule has 148 valence electrons. The van der Waals surface area contributed by atoms with Gasteiger partial charge in [0, 0.05) is 30.4 Å². The van der Waals surface area contributed by atoms with Gasteiger partial charge in [-0.25, -0.2) is 9.48 Å². The fourth-order valence-corrected chi connectivity index (χ4v) is 2.87. The van der Waals surface area contributed by atoms with Crippen LogP contribution in [0.1, 0.15) is 35.5 Å². The Kier molecular flexibility index (Phi) is 5.67. The third-order valence-electron chi connectivity index (χ3n) is 4.68. The number of carbonyl (C=O) groups is 1. The van der Waals surface area contributed by atoms with Crippen molar-refractivity contribution in [3.8, 4) is 11.4 Å². The Balaban J connectivity index is 1.65. The van der Waals surface area contributed by atoms with Crippen LogP contribution in [0, 0.1) is 13.8 Å². The van der Waals surface area contributed by atoms with Gasteiger partial charge in [0.15, 0.2) is 0 Å². The molecular weight excluding hydrogens is 358 g/mol. The molecule has 1 N–H and O–H groups in total. The number of rotatable bonds is 6. The van der Waals surface area contributed by atoms with E-state index in [0.717, 1.165) is 34.0 Å². The quantitative estimate of drug-likeness (QED) is 0.705. The number of urea groups is 1. The van der Waals surface area contributed by atoms with E-state index in [4.69, 9.17) is 9.26 Å². The Hall–Kier alpha value is -3.29. The molecule has 8 heteroatoms. The van der Waals surface area contributed by atoms with Crippen molar-refractivity contribution in [1.82, 2.24) is 25.2 Å². The van der Waals surface area contributed by atoms with Gasteiger partial charge in [-0.15, -0.1) is 0 Å². The van der Waals surface area contributed by atoms with Crippen LogP contribution in [0.4, 0.5) is 4.79 Å². The average Bonchev–Trinajstić information content (AvgIpc) is 3.30. The second-order valence-corrected chi connectivity index (χ2v) is 6.75. The maximum Gasteiger partial charge on any atom is 0.317 e. The summed E-state index contributed by atoms with van der Waals surface area (Å²) < 4.78 is 12.2. The number of benzene rings is 1. The van der Waals surface area contributed by atoms with Gasteiger partial charge in [-0.3, -0.25) is 0 Å². The number of amides is 2. The van der Waals surface area contributed by atoms with Crippen molar-refractivity contribution in [3.05, 3.63) is 59.2 Å². The summed E-state index contributed by atoms with van der Waals surface area (Å²) in [6, 6.07) is 7.26. The highest BCUT2D eigenvalue weighted by Gasteiger charge is 2.18. The van der Waals surface area contributed by atoms with Crippen LogP contribution in [-0.4, -0.2) is 40.0 Å². The topological polar surface area (TPSA) is 85.4 Å². The van der Waals surface area contributed by atoms with Gasteiger partial charge in [-0.1, -0.05) is 11.2 Å². The van der Waals surface area contributed by atoms with E-state index in [2.05, 4.69) is 15.6 Å². The molecule has 28 heavy (non-hydrogen) atoms. The number of aryl methyl sites for hydroxylation is 2. The zero-order valence-corrected chi connectivity index (χ0v) is 16.8. The van der Waals surface area contributed by atoms with Crippen LogP contribution in [0.5, 0.6) is 5.75 Å². The zero-order chi connectivity index (χ0) is 20.3. The minimum Gasteiger partial charge on any atom is -0.497 e. The molecule has 0 aliphatic rings. The molecule has 0 saturated heterocycles. The molecule has 0 radical (unpaired) electrons. The molecule has 2 heterocycles. The molecule has 3 rings (SSSR count). The largest absolute Gasteiger partial charge is 0.497 e. The molecule has 0 unspecified atom stereocenters. The summed E-state index contributed by atoms with van der Waals surface area (Å²) in [6.07, 6.45) is 3.65. The fourth-order valence-electron chi connectivity index (χ4n) is 2.87. The monoisotopic (exact) mass is 383 g/mol. The summed E-state index contributed by atoms with van der Waals surface area (Å²) in [6.45, 7) is 6.07. The molecular formula is C20H25N5O3. The van der Waals surface area contributed by atoms with Gasteiger partial charge in [0.25, 0.3) is 0 Å². The van der Waals surface area contributed by atoms with Crippen LogP contribution in [0.15, 0.2) is 41.2 Å². The lowest BCUT2D eigenvalue weighted by Crippen LogP contribution is -2.38. The second kappa shape index (κ2) is 8.16. The Labute approximate surface area is 164 Å². The fraction of sp³-hybridized carbons (Fsp3) is 0.350. The molecule has 0 aliphatic heterocycles. The Morgan fingerprint density at radius 1 is 1.39 bits per heavy atom. The lowest BCUT2D eigenvalue weighted by Gasteiger charge is -2.20. The molecule has 3 aromatic rings. The molecule has 1 atom stereocenters. The second-order valence-electron chi connectivity index (χ2n) is 6.75. The lowest BCUT2D eigenvalue weighted by atomic mass is 10.2. The number of aromatic nitrogens is 3. The van der Waals surface area contributed by atoms with Crippen LogP contribution in [0.25, 0.3) is 5.69 Å². The number of hydrogen-bond acceptors (Lipinski definition) is 5. The standard InChI is InChI=1S/C20H25N5O3/c1-13(22-20(26)24(4)12-19-14(2)23-28-15(19)3)16-10-21-25(11-16)17-7-6-8-18(9-17)27-5/h6-11,13H,12H2,1-5H3,(H,22,26)/t13-/m1/s1. The highest BCUT2D eigenvalue weighted by molar-refractivity contribution is 5.74. The molecule has 0 fully saturated rings. The number of methoxy groups -OCH3 is 1. The third kappa shape index (κ3) is 4.16. The van der Waals surface area contributed by atoms with Crippen molar-refractivity contribution in [3.63, 3.8) is 0 Å². The number of nitrogens with zero attached hydrogens (tertiary/aromatic N) is 4. The van der Waals surface area contributed by atoms with Crippen LogP contribution >= 0.6 is 0 Å². The Morgan fingerprint density at radius 3 is 2.86 bits per heavy atom. The highest BCUT2D eigenvalue weighted by atomic mass is 16.5. The van der Waals surface area contributed by atoms with Gasteiger partial charge < -0.3 is 19.5 Å². The first-order valence-electron chi connectivity index (χ1n) is 9.01. The van der Waals surface area contributed by atoms with Gasteiger partial charge in [0.05, 0.1) is 37.3 Å². The van der Waals surface area contributed by atoms with Crippen molar-refractivity contribution in [2.24, 2.45) is 0 Å². The smallest absolute Gasteiger partial charge is 0.317 e. The predicted molar refractivity (Wildman–Crippen MR) is 105 cm³/mol. The molecule has 0 saturated carbocycles. The summed E-state index contributed by atoms with van der Waals surface area (Å²) in [7, 11) is 3.37. The summed E-state index contributed by atoms with van der Waals surface area (Å²) in [4.78, 5) is 14.2. The zero-order valence-electron chi connectivity index (χ0n) is 16.8. The molecule has 0 spiro atoms. The minimum absolute atomic E-state index is 0.179. The van der Waals surface area contributed by atoms with E-state index < -0.39 is 0 Å². The summed E-state index contributed by atoms with van der Waals surface area (Å²) in [5.41, 5.74) is 3.52. The molecule has 0 aliphatic carbocycles. The van der Waals surface area contributed by atoms with E-state index in [9.17, 15) is 4.79 Å². The van der Waals surface area contributed by atoms with E-state index in [1.165, 1.54) is 0 Å². The van der Waals surface area contributed by atoms with Crippen LogP contribution in [-0.2, 0) is 6.54 Å². The van der Waals surface area contributed by atoms with Crippen molar-refractivity contribution in [2.45, 2.75) is 33.4 Å². The first-order chi connectivity index (χ1) is 13.4. The molecule has 2 amide bonds. The SMILES string of the molecule is COc1cccc(-n2cc([C@@H](C)NC(=O)N(C)Cc3c(C)noc3C)cn2)c1. The Bertz CT molecular complexity index is 943. The van der Waals surface area contributed by atoms with E-state index in [-0.39, 0.29) is 12.1 Å². The maximum atomic E-state index is 12.6. The lowest BCUT2D eigenvalue weighted by molar-refractivity contribution is 0.203. The van der Waals surface area contributed by atoms with Gasteiger partial charge in [0.2, 0.25) is 0 Å². The van der Waals surface area contributed by atoms with E-state index in [1.807, 2.05) is 51.2 Å². The van der Waals surface area contributed by atoms with Gasteiger partial charge in [-0.05, 0) is 32.9 Å². The van der Waals surface area contributed by atoms with Crippen LogP contribution in [0.2, 0.25) is 0 Å². The van der Waals surface area contributed by atoms with Crippen LogP contribution < -0.4 is 10.1 Å². The average molecular weight is 383 g/mol. The first kappa shape index (κ1) is 19.5. The van der Waals surface area contributed by atoms with Crippen molar-refractivity contribution in [2.75, 3.05) is 14.2 Å². The first-order valence-corrected chi connectivity index (χ1v) is 9.01. The molecule has 1 aromatic carbocycles. The summed E-state index contributed by atoms with van der Waals surface area (Å²) in [5.74, 6) is 1.49. The molecule has 0 bridgehead atoms. The van der Waals surface area contributed by atoms with Crippen molar-refractivity contribution in [1.29, 1.82) is 0 Å². The van der Waals surface area contributed by atoms with E-state index in [1.54, 1.807) is 29.9 Å². The van der Waals surface area contributed by atoms with E-state index >= 15 is 0 Å².